The Labute approximate surface area is 181 Å². The number of fused-ring (bicyclic) bond motifs is 6. The van der Waals surface area contributed by atoms with Crippen molar-refractivity contribution in [1.29, 1.82) is 0 Å². The van der Waals surface area contributed by atoms with Crippen LogP contribution in [0.5, 0.6) is 5.75 Å². The zero-order valence-electron chi connectivity index (χ0n) is 18.3. The predicted molar refractivity (Wildman–Crippen MR) is 132 cm³/mol. The highest BCUT2D eigenvalue weighted by molar-refractivity contribution is 6.08. The number of rotatable bonds is 0. The molecule has 2 heterocycles. The van der Waals surface area contributed by atoms with Gasteiger partial charge in [-0.25, -0.2) is 0 Å². The number of aromatic hydroxyl groups is 1. The van der Waals surface area contributed by atoms with Crippen LogP contribution in [0, 0.1) is 27.7 Å². The molecule has 0 saturated carbocycles. The summed E-state index contributed by atoms with van der Waals surface area (Å²) in [4.78, 5) is 6.79. The van der Waals surface area contributed by atoms with E-state index in [1.807, 2.05) is 13.0 Å². The number of H-pyrrole nitrogens is 2. The Kier molecular flexibility index (Phi) is 4.48. The smallest absolute Gasteiger partial charge is 0.120 e. The average molecular weight is 407 g/mol. The normalized spacial score (nSPS) is 11.4. The number of aromatic amines is 2. The van der Waals surface area contributed by atoms with Crippen molar-refractivity contribution < 1.29 is 5.11 Å². The molecule has 0 aliphatic carbocycles. The minimum absolute atomic E-state index is 0.343. The topological polar surface area (TPSA) is 51.8 Å². The lowest BCUT2D eigenvalue weighted by Crippen LogP contribution is -1.74. The molecule has 0 saturated heterocycles. The second kappa shape index (κ2) is 7.21. The van der Waals surface area contributed by atoms with Crippen molar-refractivity contribution in [3.63, 3.8) is 0 Å². The summed E-state index contributed by atoms with van der Waals surface area (Å²) in [6, 6.07) is 23.3. The van der Waals surface area contributed by atoms with Crippen molar-refractivity contribution in [2.24, 2.45) is 0 Å². The zero-order valence-corrected chi connectivity index (χ0v) is 18.3. The van der Waals surface area contributed by atoms with E-state index in [0.29, 0.717) is 5.75 Å². The van der Waals surface area contributed by atoms with E-state index in [4.69, 9.17) is 0 Å². The third-order valence-corrected chi connectivity index (χ3v) is 5.98. The van der Waals surface area contributed by atoms with Crippen molar-refractivity contribution in [3.05, 3.63) is 89.0 Å². The van der Waals surface area contributed by atoms with Crippen LogP contribution in [0.4, 0.5) is 0 Å². The van der Waals surface area contributed by atoms with Crippen molar-refractivity contribution in [2.45, 2.75) is 27.7 Å². The monoisotopic (exact) mass is 406 g/mol. The zero-order chi connectivity index (χ0) is 21.7. The molecule has 0 fully saturated rings. The van der Waals surface area contributed by atoms with Crippen LogP contribution in [-0.2, 0) is 0 Å². The number of aryl methyl sites for hydroxylation is 4. The number of benzene rings is 4. The first kappa shape index (κ1) is 19.3. The SMILES string of the molecule is Cc1ccc2c(c1)[nH]c1cc(C)ccc12.Cc1ccc2c(c1)[nH]c1cc(O)c(C)cc12. The Morgan fingerprint density at radius 3 is 1.32 bits per heavy atom. The quantitative estimate of drug-likeness (QED) is 0.239. The summed E-state index contributed by atoms with van der Waals surface area (Å²) in [6.45, 7) is 8.24. The second-order valence-electron chi connectivity index (χ2n) is 8.58. The highest BCUT2D eigenvalue weighted by atomic mass is 16.3. The van der Waals surface area contributed by atoms with Gasteiger partial charge in [0.2, 0.25) is 0 Å². The van der Waals surface area contributed by atoms with E-state index in [2.05, 4.69) is 85.3 Å². The second-order valence-corrected chi connectivity index (χ2v) is 8.58. The molecular weight excluding hydrogens is 380 g/mol. The van der Waals surface area contributed by atoms with Gasteiger partial charge in [0.1, 0.15) is 5.75 Å². The summed E-state index contributed by atoms with van der Waals surface area (Å²) >= 11 is 0. The maximum atomic E-state index is 9.68. The van der Waals surface area contributed by atoms with Crippen LogP contribution in [0.2, 0.25) is 0 Å². The molecule has 6 rings (SSSR count). The van der Waals surface area contributed by atoms with E-state index in [-0.39, 0.29) is 0 Å². The van der Waals surface area contributed by atoms with Gasteiger partial charge in [0.25, 0.3) is 0 Å². The van der Waals surface area contributed by atoms with Gasteiger partial charge in [-0.05, 0) is 74.2 Å². The van der Waals surface area contributed by atoms with Crippen LogP contribution < -0.4 is 0 Å². The van der Waals surface area contributed by atoms with Gasteiger partial charge in [0.05, 0.1) is 5.52 Å². The number of hydrogen-bond donors (Lipinski definition) is 3. The first-order valence-corrected chi connectivity index (χ1v) is 10.6. The molecular formula is C28H26N2O. The Balaban J connectivity index is 0.000000132. The summed E-state index contributed by atoms with van der Waals surface area (Å²) in [5, 5.41) is 14.7. The van der Waals surface area contributed by atoms with Crippen molar-refractivity contribution in [2.75, 3.05) is 0 Å². The van der Waals surface area contributed by atoms with E-state index >= 15 is 0 Å². The van der Waals surface area contributed by atoms with Gasteiger partial charge in [-0.15, -0.1) is 0 Å². The van der Waals surface area contributed by atoms with Gasteiger partial charge in [-0.3, -0.25) is 0 Å². The molecule has 3 N–H and O–H groups in total. The lowest BCUT2D eigenvalue weighted by Gasteiger charge is -1.98. The largest absolute Gasteiger partial charge is 0.508 e. The molecule has 0 spiro atoms. The van der Waals surface area contributed by atoms with Gasteiger partial charge < -0.3 is 15.1 Å². The molecule has 0 radical (unpaired) electrons. The van der Waals surface area contributed by atoms with Crippen LogP contribution in [0.15, 0.2) is 66.7 Å². The van der Waals surface area contributed by atoms with Crippen LogP contribution in [-0.4, -0.2) is 15.1 Å². The molecule has 0 amide bonds. The Bertz CT molecular complexity index is 1530. The average Bonchev–Trinajstić information content (AvgIpc) is 3.24. The number of nitrogens with one attached hydrogen (secondary N) is 2. The number of phenolic OH excluding ortho intramolecular Hbond substituents is 1. The van der Waals surface area contributed by atoms with Crippen LogP contribution in [0.1, 0.15) is 22.3 Å². The van der Waals surface area contributed by atoms with Crippen LogP contribution >= 0.6 is 0 Å². The van der Waals surface area contributed by atoms with Gasteiger partial charge in [0, 0.05) is 44.2 Å². The van der Waals surface area contributed by atoms with Gasteiger partial charge in [-0.2, -0.15) is 0 Å². The van der Waals surface area contributed by atoms with Gasteiger partial charge >= 0.3 is 0 Å². The van der Waals surface area contributed by atoms with Crippen LogP contribution in [0.25, 0.3) is 43.6 Å². The lowest BCUT2D eigenvalue weighted by atomic mass is 10.1. The van der Waals surface area contributed by atoms with E-state index in [9.17, 15) is 5.11 Å². The molecule has 154 valence electrons. The highest BCUT2D eigenvalue weighted by Gasteiger charge is 2.07. The number of aromatic nitrogens is 2. The van der Waals surface area contributed by atoms with E-state index in [1.54, 1.807) is 6.07 Å². The lowest BCUT2D eigenvalue weighted by molar-refractivity contribution is 0.472. The fourth-order valence-electron chi connectivity index (χ4n) is 4.30. The molecule has 0 aliphatic heterocycles. The van der Waals surface area contributed by atoms with Crippen molar-refractivity contribution in [1.82, 2.24) is 9.97 Å². The van der Waals surface area contributed by atoms with Gasteiger partial charge in [0.15, 0.2) is 0 Å². The summed E-state index contributed by atoms with van der Waals surface area (Å²) in [5.74, 6) is 0.343. The molecule has 0 atom stereocenters. The summed E-state index contributed by atoms with van der Waals surface area (Å²) < 4.78 is 0. The Morgan fingerprint density at radius 2 is 0.871 bits per heavy atom. The fraction of sp³-hybridized carbons (Fsp3) is 0.143. The minimum Gasteiger partial charge on any atom is -0.508 e. The molecule has 31 heavy (non-hydrogen) atoms. The first-order valence-electron chi connectivity index (χ1n) is 10.6. The van der Waals surface area contributed by atoms with Gasteiger partial charge in [-0.1, -0.05) is 36.4 Å². The Hall–Kier alpha value is -3.72. The highest BCUT2D eigenvalue weighted by Crippen LogP contribution is 2.31. The Morgan fingerprint density at radius 1 is 0.484 bits per heavy atom. The summed E-state index contributed by atoms with van der Waals surface area (Å²) in [6.07, 6.45) is 0. The summed E-state index contributed by atoms with van der Waals surface area (Å²) in [5.41, 5.74) is 9.32. The van der Waals surface area contributed by atoms with E-state index in [1.165, 1.54) is 49.3 Å². The predicted octanol–water partition coefficient (Wildman–Crippen LogP) is 7.58. The molecule has 6 aromatic rings. The van der Waals surface area contributed by atoms with Crippen molar-refractivity contribution >= 4 is 43.6 Å². The fourth-order valence-corrected chi connectivity index (χ4v) is 4.30. The maximum absolute atomic E-state index is 9.68. The maximum Gasteiger partial charge on any atom is 0.120 e. The molecule has 4 aromatic carbocycles. The molecule has 0 bridgehead atoms. The molecule has 3 heteroatoms. The molecule has 0 unspecified atom stereocenters. The third-order valence-electron chi connectivity index (χ3n) is 5.98. The standard InChI is InChI=1S/C14H13NO.C14H13N/c1-8-3-4-10-11-6-9(2)14(16)7-13(11)15-12(10)5-8;1-9-3-5-11-12-6-4-10(2)8-14(12)15-13(11)7-9/h3-7,15-16H,1-2H3;3-8,15H,1-2H3. The summed E-state index contributed by atoms with van der Waals surface area (Å²) in [7, 11) is 0. The molecule has 0 aliphatic rings. The minimum atomic E-state index is 0.343. The van der Waals surface area contributed by atoms with E-state index in [0.717, 1.165) is 16.6 Å². The number of phenols is 1. The third kappa shape index (κ3) is 3.42. The first-order chi connectivity index (χ1) is 14.9. The van der Waals surface area contributed by atoms with E-state index < -0.39 is 0 Å². The van der Waals surface area contributed by atoms with Crippen LogP contribution in [0.3, 0.4) is 0 Å². The van der Waals surface area contributed by atoms with Crippen molar-refractivity contribution in [3.8, 4) is 5.75 Å². The molecule has 2 aromatic heterocycles. The molecule has 3 nitrogen and oxygen atoms in total. The number of hydrogen-bond acceptors (Lipinski definition) is 1.